The lowest BCUT2D eigenvalue weighted by molar-refractivity contribution is -0.125. The summed E-state index contributed by atoms with van der Waals surface area (Å²) < 4.78 is 5.16. The van der Waals surface area contributed by atoms with Crippen molar-refractivity contribution in [3.8, 4) is 0 Å². The Balaban J connectivity index is 2.67. The summed E-state index contributed by atoms with van der Waals surface area (Å²) >= 11 is 0. The fourth-order valence-electron chi connectivity index (χ4n) is 2.09. The van der Waals surface area contributed by atoms with Crippen LogP contribution in [0.4, 0.5) is 4.79 Å². The first-order chi connectivity index (χ1) is 7.75. The molecular weight excluding hydrogens is 220 g/mol. The first-order valence-corrected chi connectivity index (χ1v) is 6.06. The molecule has 1 fully saturated rings. The van der Waals surface area contributed by atoms with Crippen LogP contribution in [-0.2, 0) is 9.53 Å². The molecule has 0 heterocycles. The quantitative estimate of drug-likeness (QED) is 0.773. The van der Waals surface area contributed by atoms with Crippen LogP contribution in [0.15, 0.2) is 0 Å². The zero-order valence-electron chi connectivity index (χ0n) is 10.8. The van der Waals surface area contributed by atoms with E-state index in [0.717, 1.165) is 19.3 Å². The van der Waals surface area contributed by atoms with Crippen molar-refractivity contribution in [3.63, 3.8) is 0 Å². The van der Waals surface area contributed by atoms with E-state index in [9.17, 15) is 9.59 Å². The number of primary amides is 1. The van der Waals surface area contributed by atoms with Crippen LogP contribution in [0.2, 0.25) is 0 Å². The van der Waals surface area contributed by atoms with Gasteiger partial charge in [-0.3, -0.25) is 4.79 Å². The minimum atomic E-state index is -0.916. The highest BCUT2D eigenvalue weighted by Gasteiger charge is 2.40. The van der Waals surface area contributed by atoms with Gasteiger partial charge in [0.25, 0.3) is 0 Å². The number of hydrogen-bond acceptors (Lipinski definition) is 3. The second kappa shape index (κ2) is 4.94. The number of nitrogens with one attached hydrogen (secondary N) is 1. The maximum Gasteiger partial charge on any atom is 0.408 e. The Morgan fingerprint density at radius 2 is 1.71 bits per heavy atom. The average molecular weight is 242 g/mol. The molecule has 0 aliphatic heterocycles. The van der Waals surface area contributed by atoms with Gasteiger partial charge in [-0.1, -0.05) is 19.3 Å². The van der Waals surface area contributed by atoms with E-state index in [1.54, 1.807) is 20.8 Å². The minimum absolute atomic E-state index is 0.469. The molecule has 0 bridgehead atoms. The van der Waals surface area contributed by atoms with Gasteiger partial charge >= 0.3 is 6.09 Å². The van der Waals surface area contributed by atoms with Gasteiger partial charge in [0, 0.05) is 0 Å². The molecule has 5 nitrogen and oxygen atoms in total. The summed E-state index contributed by atoms with van der Waals surface area (Å²) in [5, 5.41) is 2.65. The molecule has 98 valence electrons. The van der Waals surface area contributed by atoms with E-state index < -0.39 is 23.1 Å². The lowest BCUT2D eigenvalue weighted by Gasteiger charge is -2.35. The number of nitrogens with two attached hydrogens (primary N) is 1. The smallest absolute Gasteiger partial charge is 0.408 e. The average Bonchev–Trinajstić information content (AvgIpc) is 2.15. The van der Waals surface area contributed by atoms with Gasteiger partial charge in [0.15, 0.2) is 0 Å². The SMILES string of the molecule is CC(C)(C)OC(=O)NC1(C(N)=O)CCCCC1. The third-order valence-electron chi connectivity index (χ3n) is 2.92. The van der Waals surface area contributed by atoms with E-state index in [-0.39, 0.29) is 0 Å². The highest BCUT2D eigenvalue weighted by molar-refractivity contribution is 5.88. The predicted octanol–water partition coefficient (Wildman–Crippen LogP) is 1.70. The van der Waals surface area contributed by atoms with Gasteiger partial charge in [0.2, 0.25) is 5.91 Å². The summed E-state index contributed by atoms with van der Waals surface area (Å²) in [5.41, 5.74) is 3.92. The second-order valence-corrected chi connectivity index (χ2v) is 5.63. The first-order valence-electron chi connectivity index (χ1n) is 6.06. The third kappa shape index (κ3) is 3.91. The number of alkyl carbamates (subject to hydrolysis) is 1. The van der Waals surface area contributed by atoms with Crippen LogP contribution in [0.3, 0.4) is 0 Å². The molecule has 0 aromatic heterocycles. The van der Waals surface area contributed by atoms with Gasteiger partial charge in [-0.05, 0) is 33.6 Å². The molecule has 1 aliphatic rings. The van der Waals surface area contributed by atoms with E-state index in [2.05, 4.69) is 5.32 Å². The number of rotatable bonds is 2. The summed E-state index contributed by atoms with van der Waals surface area (Å²) in [6.45, 7) is 5.35. The second-order valence-electron chi connectivity index (χ2n) is 5.63. The van der Waals surface area contributed by atoms with Crippen molar-refractivity contribution in [1.29, 1.82) is 0 Å². The van der Waals surface area contributed by atoms with Crippen molar-refractivity contribution in [2.24, 2.45) is 5.73 Å². The lowest BCUT2D eigenvalue weighted by atomic mass is 9.81. The van der Waals surface area contributed by atoms with Crippen LogP contribution in [0.25, 0.3) is 0 Å². The summed E-state index contributed by atoms with van der Waals surface area (Å²) in [4.78, 5) is 23.2. The first kappa shape index (κ1) is 13.8. The number of hydrogen-bond donors (Lipinski definition) is 2. The van der Waals surface area contributed by atoms with Crippen molar-refractivity contribution < 1.29 is 14.3 Å². The largest absolute Gasteiger partial charge is 0.444 e. The van der Waals surface area contributed by atoms with Crippen molar-refractivity contribution in [2.45, 2.75) is 64.0 Å². The zero-order chi connectivity index (χ0) is 13.1. The molecule has 3 N–H and O–H groups in total. The lowest BCUT2D eigenvalue weighted by Crippen LogP contribution is -2.59. The van der Waals surface area contributed by atoms with E-state index in [0.29, 0.717) is 12.8 Å². The van der Waals surface area contributed by atoms with E-state index in [4.69, 9.17) is 10.5 Å². The van der Waals surface area contributed by atoms with Crippen LogP contribution < -0.4 is 11.1 Å². The molecule has 2 amide bonds. The molecule has 1 saturated carbocycles. The standard InChI is InChI=1S/C12H22N2O3/c1-11(2,3)17-10(16)14-12(9(13)15)7-5-4-6-8-12/h4-8H2,1-3H3,(H2,13,15)(H,14,16). The maximum absolute atomic E-state index is 11.7. The Morgan fingerprint density at radius 3 is 2.12 bits per heavy atom. The minimum Gasteiger partial charge on any atom is -0.444 e. The highest BCUT2D eigenvalue weighted by Crippen LogP contribution is 2.28. The monoisotopic (exact) mass is 242 g/mol. The molecule has 0 aromatic carbocycles. The Hall–Kier alpha value is -1.26. The third-order valence-corrected chi connectivity index (χ3v) is 2.92. The molecule has 0 unspecified atom stereocenters. The molecule has 0 atom stereocenters. The van der Waals surface area contributed by atoms with Gasteiger partial charge < -0.3 is 15.8 Å². The Morgan fingerprint density at radius 1 is 1.18 bits per heavy atom. The van der Waals surface area contributed by atoms with E-state index >= 15 is 0 Å². The number of amides is 2. The van der Waals surface area contributed by atoms with Crippen LogP contribution in [-0.4, -0.2) is 23.1 Å². The normalized spacial score (nSPS) is 19.5. The topological polar surface area (TPSA) is 81.4 Å². The highest BCUT2D eigenvalue weighted by atomic mass is 16.6. The molecule has 1 aliphatic carbocycles. The van der Waals surface area contributed by atoms with Gasteiger partial charge in [-0.2, -0.15) is 0 Å². The Kier molecular flexibility index (Phi) is 4.01. The van der Waals surface area contributed by atoms with Crippen molar-refractivity contribution in [1.82, 2.24) is 5.32 Å². The summed E-state index contributed by atoms with van der Waals surface area (Å²) in [6, 6.07) is 0. The molecular formula is C12H22N2O3. The molecule has 0 saturated heterocycles. The van der Waals surface area contributed by atoms with Gasteiger partial charge in [-0.25, -0.2) is 4.79 Å². The van der Waals surface area contributed by atoms with Crippen LogP contribution >= 0.6 is 0 Å². The Bertz CT molecular complexity index is 301. The van der Waals surface area contributed by atoms with Crippen molar-refractivity contribution in [3.05, 3.63) is 0 Å². The predicted molar refractivity (Wildman–Crippen MR) is 64.4 cm³/mol. The zero-order valence-corrected chi connectivity index (χ0v) is 10.8. The summed E-state index contributed by atoms with van der Waals surface area (Å²) in [6.07, 6.45) is 3.50. The van der Waals surface area contributed by atoms with Crippen LogP contribution in [0, 0.1) is 0 Å². The van der Waals surface area contributed by atoms with E-state index in [1.807, 2.05) is 0 Å². The van der Waals surface area contributed by atoms with Crippen LogP contribution in [0.5, 0.6) is 0 Å². The summed E-state index contributed by atoms with van der Waals surface area (Å²) in [7, 11) is 0. The molecule has 5 heteroatoms. The van der Waals surface area contributed by atoms with Gasteiger partial charge in [-0.15, -0.1) is 0 Å². The fraction of sp³-hybridized carbons (Fsp3) is 0.833. The van der Waals surface area contributed by atoms with E-state index in [1.165, 1.54) is 0 Å². The molecule has 0 spiro atoms. The van der Waals surface area contributed by atoms with Gasteiger partial charge in [0.1, 0.15) is 11.1 Å². The molecule has 1 rings (SSSR count). The Labute approximate surface area is 102 Å². The molecule has 0 radical (unpaired) electrons. The fourth-order valence-corrected chi connectivity index (χ4v) is 2.09. The molecule has 0 aromatic rings. The van der Waals surface area contributed by atoms with Crippen LogP contribution in [0.1, 0.15) is 52.9 Å². The van der Waals surface area contributed by atoms with Crippen molar-refractivity contribution in [2.75, 3.05) is 0 Å². The number of carbonyl (C=O) groups excluding carboxylic acids is 2. The summed E-state index contributed by atoms with van der Waals surface area (Å²) in [5.74, 6) is -0.469. The molecule has 17 heavy (non-hydrogen) atoms. The maximum atomic E-state index is 11.7. The van der Waals surface area contributed by atoms with Gasteiger partial charge in [0.05, 0.1) is 0 Å². The number of ether oxygens (including phenoxy) is 1. The number of carbonyl (C=O) groups is 2. The van der Waals surface area contributed by atoms with Crippen molar-refractivity contribution >= 4 is 12.0 Å².